The van der Waals surface area contributed by atoms with E-state index < -0.39 is 0 Å². The lowest BCUT2D eigenvalue weighted by molar-refractivity contribution is -0.113. The van der Waals surface area contributed by atoms with Crippen LogP contribution in [-0.2, 0) is 17.8 Å². The Balaban J connectivity index is 1.65. The van der Waals surface area contributed by atoms with Crippen molar-refractivity contribution in [2.75, 3.05) is 11.1 Å². The number of nitrogens with zero attached hydrogens (tertiary/aromatic N) is 3. The molecular weight excluding hydrogens is 436 g/mol. The zero-order chi connectivity index (χ0) is 19.9. The average Bonchev–Trinajstić information content (AvgIpc) is 3.06. The van der Waals surface area contributed by atoms with Gasteiger partial charge in [0.25, 0.3) is 0 Å². The Morgan fingerprint density at radius 3 is 2.75 bits per heavy atom. The number of hydrogen-bond donors (Lipinski definition) is 1. The SMILES string of the molecule is C=CCn1c(Cc2ccccc2)nnc1SCC(=O)Nc1ccc(Br)c(C)c1. The van der Waals surface area contributed by atoms with E-state index in [0.29, 0.717) is 18.1 Å². The second-order valence-corrected chi connectivity index (χ2v) is 8.06. The van der Waals surface area contributed by atoms with Crippen molar-refractivity contribution in [1.29, 1.82) is 0 Å². The largest absolute Gasteiger partial charge is 0.325 e. The molecule has 0 bridgehead atoms. The number of carbonyl (C=O) groups is 1. The first-order chi connectivity index (χ1) is 13.6. The fourth-order valence-electron chi connectivity index (χ4n) is 2.70. The molecule has 28 heavy (non-hydrogen) atoms. The number of aromatic nitrogens is 3. The van der Waals surface area contributed by atoms with Gasteiger partial charge in [-0.2, -0.15) is 0 Å². The highest BCUT2D eigenvalue weighted by molar-refractivity contribution is 9.10. The van der Waals surface area contributed by atoms with E-state index in [1.807, 2.05) is 54.0 Å². The second-order valence-electron chi connectivity index (χ2n) is 6.26. The quantitative estimate of drug-likeness (QED) is 0.388. The summed E-state index contributed by atoms with van der Waals surface area (Å²) < 4.78 is 3.02. The molecule has 1 heterocycles. The lowest BCUT2D eigenvalue weighted by atomic mass is 10.1. The summed E-state index contributed by atoms with van der Waals surface area (Å²) in [4.78, 5) is 12.3. The summed E-state index contributed by atoms with van der Waals surface area (Å²) in [6, 6.07) is 15.9. The van der Waals surface area contributed by atoms with Gasteiger partial charge in [0.1, 0.15) is 5.82 Å². The van der Waals surface area contributed by atoms with Gasteiger partial charge in [-0.15, -0.1) is 16.8 Å². The molecule has 0 saturated carbocycles. The molecule has 0 atom stereocenters. The van der Waals surface area contributed by atoms with Crippen molar-refractivity contribution < 1.29 is 4.79 Å². The molecule has 0 saturated heterocycles. The van der Waals surface area contributed by atoms with Crippen molar-refractivity contribution in [2.24, 2.45) is 0 Å². The topological polar surface area (TPSA) is 59.8 Å². The molecule has 1 aromatic heterocycles. The van der Waals surface area contributed by atoms with Gasteiger partial charge >= 0.3 is 0 Å². The number of nitrogens with one attached hydrogen (secondary N) is 1. The van der Waals surface area contributed by atoms with Crippen LogP contribution in [0, 0.1) is 6.92 Å². The van der Waals surface area contributed by atoms with Gasteiger partial charge in [-0.1, -0.05) is 64.1 Å². The molecule has 1 amide bonds. The van der Waals surface area contributed by atoms with Gasteiger partial charge in [0.2, 0.25) is 5.91 Å². The van der Waals surface area contributed by atoms with Crippen molar-refractivity contribution in [3.8, 4) is 0 Å². The maximum absolute atomic E-state index is 12.3. The van der Waals surface area contributed by atoms with Crippen LogP contribution in [0.5, 0.6) is 0 Å². The fraction of sp³-hybridized carbons (Fsp3) is 0.190. The predicted octanol–water partition coefficient (Wildman–Crippen LogP) is 4.86. The number of rotatable bonds is 8. The molecule has 0 spiro atoms. The number of halogens is 1. The number of benzene rings is 2. The van der Waals surface area contributed by atoms with Crippen LogP contribution >= 0.6 is 27.7 Å². The number of hydrogen-bond acceptors (Lipinski definition) is 4. The molecule has 7 heteroatoms. The first-order valence-corrected chi connectivity index (χ1v) is 10.6. The lowest BCUT2D eigenvalue weighted by Crippen LogP contribution is -2.15. The maximum atomic E-state index is 12.3. The average molecular weight is 457 g/mol. The highest BCUT2D eigenvalue weighted by Gasteiger charge is 2.14. The number of thioether (sulfide) groups is 1. The molecule has 0 aliphatic carbocycles. The Morgan fingerprint density at radius 1 is 1.25 bits per heavy atom. The number of carbonyl (C=O) groups excluding carboxylic acids is 1. The number of amides is 1. The summed E-state index contributed by atoms with van der Waals surface area (Å²) in [6.07, 6.45) is 2.50. The van der Waals surface area contributed by atoms with Crippen molar-refractivity contribution in [2.45, 2.75) is 25.0 Å². The summed E-state index contributed by atoms with van der Waals surface area (Å²) in [7, 11) is 0. The van der Waals surface area contributed by atoms with Crippen molar-refractivity contribution >= 4 is 39.3 Å². The minimum absolute atomic E-state index is 0.0792. The van der Waals surface area contributed by atoms with Crippen LogP contribution < -0.4 is 5.32 Å². The molecule has 3 aromatic rings. The van der Waals surface area contributed by atoms with E-state index >= 15 is 0 Å². The van der Waals surface area contributed by atoms with Crippen LogP contribution in [0.25, 0.3) is 0 Å². The van der Waals surface area contributed by atoms with E-state index in [9.17, 15) is 4.79 Å². The molecule has 2 aromatic carbocycles. The predicted molar refractivity (Wildman–Crippen MR) is 118 cm³/mol. The number of anilines is 1. The van der Waals surface area contributed by atoms with Crippen LogP contribution in [-0.4, -0.2) is 26.4 Å². The zero-order valence-corrected chi connectivity index (χ0v) is 18.0. The van der Waals surface area contributed by atoms with E-state index in [1.165, 1.54) is 17.3 Å². The third-order valence-electron chi connectivity index (χ3n) is 4.08. The monoisotopic (exact) mass is 456 g/mol. The molecular formula is C21H21BrN4OS. The Hall–Kier alpha value is -2.38. The number of allylic oxidation sites excluding steroid dienone is 1. The van der Waals surface area contributed by atoms with Crippen LogP contribution in [0.4, 0.5) is 5.69 Å². The molecule has 0 unspecified atom stereocenters. The van der Waals surface area contributed by atoms with E-state index in [4.69, 9.17) is 0 Å². The molecule has 1 N–H and O–H groups in total. The Bertz CT molecular complexity index is 972. The molecule has 144 valence electrons. The first kappa shape index (κ1) is 20.4. The molecule has 0 fully saturated rings. The van der Waals surface area contributed by atoms with Crippen molar-refractivity contribution in [3.05, 3.63) is 82.6 Å². The fourth-order valence-corrected chi connectivity index (χ4v) is 3.71. The highest BCUT2D eigenvalue weighted by Crippen LogP contribution is 2.22. The number of aryl methyl sites for hydroxylation is 1. The Morgan fingerprint density at radius 2 is 2.04 bits per heavy atom. The summed E-state index contributed by atoms with van der Waals surface area (Å²) in [5.41, 5.74) is 3.02. The third-order valence-corrected chi connectivity index (χ3v) is 5.94. The molecule has 3 rings (SSSR count). The smallest absolute Gasteiger partial charge is 0.234 e. The highest BCUT2D eigenvalue weighted by atomic mass is 79.9. The molecule has 0 aliphatic heterocycles. The Labute approximate surface area is 177 Å². The van der Waals surface area contributed by atoms with Crippen LogP contribution in [0.3, 0.4) is 0 Å². The summed E-state index contributed by atoms with van der Waals surface area (Å²) in [5.74, 6) is 1.04. The van der Waals surface area contributed by atoms with E-state index in [1.54, 1.807) is 0 Å². The van der Waals surface area contributed by atoms with Gasteiger partial charge in [-0.05, 0) is 36.2 Å². The molecule has 5 nitrogen and oxygen atoms in total. The minimum Gasteiger partial charge on any atom is -0.325 e. The minimum atomic E-state index is -0.0792. The summed E-state index contributed by atoms with van der Waals surface area (Å²) in [6.45, 7) is 6.41. The first-order valence-electron chi connectivity index (χ1n) is 8.82. The van der Waals surface area contributed by atoms with Gasteiger partial charge in [0.05, 0.1) is 5.75 Å². The van der Waals surface area contributed by atoms with Gasteiger partial charge in [0, 0.05) is 23.1 Å². The Kier molecular flexibility index (Phi) is 7.06. The standard InChI is InChI=1S/C21H21BrN4OS/c1-3-11-26-19(13-16-7-5-4-6-8-16)24-25-21(26)28-14-20(27)23-17-9-10-18(22)15(2)12-17/h3-10,12H,1,11,13-14H2,2H3,(H,23,27). The van der Waals surface area contributed by atoms with Gasteiger partial charge < -0.3 is 9.88 Å². The maximum Gasteiger partial charge on any atom is 0.234 e. The second kappa shape index (κ2) is 9.71. The van der Waals surface area contributed by atoms with Gasteiger partial charge in [-0.3, -0.25) is 4.79 Å². The van der Waals surface area contributed by atoms with Gasteiger partial charge in [-0.25, -0.2) is 0 Å². The van der Waals surface area contributed by atoms with Gasteiger partial charge in [0.15, 0.2) is 5.16 Å². The van der Waals surface area contributed by atoms with Crippen LogP contribution in [0.15, 0.2) is 70.8 Å². The van der Waals surface area contributed by atoms with E-state index in [2.05, 4.69) is 50.2 Å². The van der Waals surface area contributed by atoms with E-state index in [-0.39, 0.29) is 11.7 Å². The normalized spacial score (nSPS) is 10.6. The molecule has 0 aliphatic rings. The lowest BCUT2D eigenvalue weighted by Gasteiger charge is -2.09. The van der Waals surface area contributed by atoms with E-state index in [0.717, 1.165) is 21.5 Å². The third kappa shape index (κ3) is 5.33. The summed E-state index contributed by atoms with van der Waals surface area (Å²) >= 11 is 4.84. The zero-order valence-electron chi connectivity index (χ0n) is 15.6. The van der Waals surface area contributed by atoms with Crippen molar-refractivity contribution in [1.82, 2.24) is 14.8 Å². The summed E-state index contributed by atoms with van der Waals surface area (Å²) in [5, 5.41) is 12.2. The van der Waals surface area contributed by atoms with Crippen LogP contribution in [0.2, 0.25) is 0 Å². The van der Waals surface area contributed by atoms with Crippen LogP contribution in [0.1, 0.15) is 17.0 Å². The van der Waals surface area contributed by atoms with Crippen molar-refractivity contribution in [3.63, 3.8) is 0 Å². The molecule has 0 radical (unpaired) electrons.